The number of ether oxygens (including phenoxy) is 2. The zero-order valence-corrected chi connectivity index (χ0v) is 18.7. The van der Waals surface area contributed by atoms with Crippen LogP contribution in [0.3, 0.4) is 0 Å². The molecule has 0 aliphatic rings. The molecule has 180 valence electrons. The largest absolute Gasteiger partial charge is 0.462 e. The number of aromatic nitrogens is 2. The number of nitrogens with one attached hydrogen (secondary N) is 1. The molecule has 11 nitrogen and oxygen atoms in total. The number of carbonyl (C=O) groups is 3. The molecule has 0 aliphatic carbocycles. The van der Waals surface area contributed by atoms with Gasteiger partial charge in [-0.05, 0) is 33.3 Å². The van der Waals surface area contributed by atoms with E-state index in [1.807, 2.05) is 0 Å². The Morgan fingerprint density at radius 2 is 1.73 bits per heavy atom. The average Bonchev–Trinajstić information content (AvgIpc) is 3.19. The van der Waals surface area contributed by atoms with Crippen LogP contribution in [-0.2, 0) is 27.0 Å². The van der Waals surface area contributed by atoms with Crippen molar-refractivity contribution in [2.45, 2.75) is 40.4 Å². The molecule has 1 N–H and O–H groups in total. The Morgan fingerprint density at radius 1 is 1.15 bits per heavy atom. The monoisotopic (exact) mass is 492 g/mol. The van der Waals surface area contributed by atoms with Gasteiger partial charge in [0.2, 0.25) is 11.6 Å². The summed E-state index contributed by atoms with van der Waals surface area (Å²) in [4.78, 5) is 47.0. The van der Waals surface area contributed by atoms with Crippen LogP contribution in [0.5, 0.6) is 0 Å². The lowest BCUT2D eigenvalue weighted by Crippen LogP contribution is -2.21. The number of nitrogens with zero attached hydrogens (tertiary/aromatic N) is 3. The maximum Gasteiger partial charge on any atom is 0.442 e. The van der Waals surface area contributed by atoms with Crippen molar-refractivity contribution in [3.8, 4) is 0 Å². The van der Waals surface area contributed by atoms with Gasteiger partial charge in [-0.3, -0.25) is 19.6 Å². The molecular weight excluding hydrogens is 473 g/mol. The van der Waals surface area contributed by atoms with E-state index in [1.165, 1.54) is 6.92 Å². The van der Waals surface area contributed by atoms with Crippen molar-refractivity contribution in [2.24, 2.45) is 0 Å². The first-order valence-electron chi connectivity index (χ1n) is 9.39. The van der Waals surface area contributed by atoms with Gasteiger partial charge in [0.15, 0.2) is 0 Å². The molecule has 0 saturated carbocycles. The third-order valence-corrected chi connectivity index (χ3v) is 5.45. The van der Waals surface area contributed by atoms with Crippen LogP contribution in [0.15, 0.2) is 0 Å². The zero-order valence-electron chi connectivity index (χ0n) is 17.9. The number of amides is 1. The van der Waals surface area contributed by atoms with E-state index in [4.69, 9.17) is 9.47 Å². The summed E-state index contributed by atoms with van der Waals surface area (Å²) in [5.41, 5.74) is -3.40. The van der Waals surface area contributed by atoms with E-state index in [0.717, 1.165) is 18.3 Å². The summed E-state index contributed by atoms with van der Waals surface area (Å²) in [6.45, 7) is 4.84. The van der Waals surface area contributed by atoms with Gasteiger partial charge in [0.25, 0.3) is 0 Å². The van der Waals surface area contributed by atoms with E-state index >= 15 is 0 Å². The fourth-order valence-corrected chi connectivity index (χ4v) is 3.95. The zero-order chi connectivity index (χ0) is 25.1. The van der Waals surface area contributed by atoms with Crippen molar-refractivity contribution < 1.29 is 42.0 Å². The van der Waals surface area contributed by atoms with Gasteiger partial charge < -0.3 is 14.8 Å². The van der Waals surface area contributed by atoms with Crippen LogP contribution in [0.25, 0.3) is 0 Å². The maximum atomic E-state index is 13.1. The number of hydrogen-bond acceptors (Lipinski definition) is 9. The van der Waals surface area contributed by atoms with Gasteiger partial charge in [0, 0.05) is 0 Å². The first-order valence-corrected chi connectivity index (χ1v) is 10.2. The molecule has 33 heavy (non-hydrogen) atoms. The van der Waals surface area contributed by atoms with Crippen molar-refractivity contribution in [1.29, 1.82) is 0 Å². The molecule has 0 saturated heterocycles. The second-order valence-electron chi connectivity index (χ2n) is 6.44. The molecule has 0 bridgehead atoms. The van der Waals surface area contributed by atoms with E-state index < -0.39 is 52.6 Å². The predicted molar refractivity (Wildman–Crippen MR) is 108 cm³/mol. The fourth-order valence-electron chi connectivity index (χ4n) is 2.84. The highest BCUT2D eigenvalue weighted by Gasteiger charge is 2.44. The highest BCUT2D eigenvalue weighted by molar-refractivity contribution is 7.18. The van der Waals surface area contributed by atoms with Gasteiger partial charge in [0.05, 0.1) is 23.7 Å². The minimum atomic E-state index is -5.11. The van der Waals surface area contributed by atoms with Crippen molar-refractivity contribution in [2.75, 3.05) is 18.5 Å². The summed E-state index contributed by atoms with van der Waals surface area (Å²) in [7, 11) is 0. The van der Waals surface area contributed by atoms with Gasteiger partial charge in [-0.15, -0.1) is 11.3 Å². The number of rotatable bonds is 8. The Kier molecular flexibility index (Phi) is 7.79. The van der Waals surface area contributed by atoms with Crippen LogP contribution in [0.4, 0.5) is 23.9 Å². The Bertz CT molecular complexity index is 1110. The number of halogens is 3. The summed E-state index contributed by atoms with van der Waals surface area (Å²) in [6.07, 6.45) is -5.11. The summed E-state index contributed by atoms with van der Waals surface area (Å²) in [5.74, 6) is -2.51. The molecular formula is C18H19F3N4O7S. The Labute approximate surface area is 188 Å². The lowest BCUT2D eigenvalue weighted by Gasteiger charge is -2.08. The van der Waals surface area contributed by atoms with Crippen molar-refractivity contribution >= 4 is 39.9 Å². The first kappa shape index (κ1) is 25.8. The number of nitro groups is 1. The lowest BCUT2D eigenvalue weighted by molar-refractivity contribution is -0.388. The molecule has 0 unspecified atom stereocenters. The quantitative estimate of drug-likeness (QED) is 0.335. The lowest BCUT2D eigenvalue weighted by atomic mass is 10.1. The smallest absolute Gasteiger partial charge is 0.442 e. The van der Waals surface area contributed by atoms with E-state index in [0.29, 0.717) is 4.68 Å². The van der Waals surface area contributed by atoms with Gasteiger partial charge in [0.1, 0.15) is 22.1 Å². The maximum absolute atomic E-state index is 13.1. The van der Waals surface area contributed by atoms with Gasteiger partial charge in [-0.1, -0.05) is 0 Å². The molecule has 0 fully saturated rings. The second kappa shape index (κ2) is 9.97. The standard InChI is InChI=1S/C18H19F3N4O7S/c1-5-31-16(27)11-8(3)13(17(28)32-6-2)33-15(11)22-10(26)7-24-9(4)12(25(29)30)14(23-24)18(19,20)21/h5-7H2,1-4H3,(H,22,26). The highest BCUT2D eigenvalue weighted by Crippen LogP contribution is 2.37. The SMILES string of the molecule is CCOC(=O)c1sc(NC(=O)Cn2nc(C(F)(F)F)c([N+](=O)[O-])c2C)c(C(=O)OCC)c1C. The Morgan fingerprint density at radius 3 is 2.21 bits per heavy atom. The molecule has 0 aliphatic heterocycles. The minimum absolute atomic E-state index is 0.00656. The van der Waals surface area contributed by atoms with Gasteiger partial charge in [-0.2, -0.15) is 18.3 Å². The number of esters is 2. The molecule has 2 aromatic heterocycles. The van der Waals surface area contributed by atoms with Crippen LogP contribution in [-0.4, -0.2) is 45.8 Å². The number of carbonyl (C=O) groups excluding carboxylic acids is 3. The first-order chi connectivity index (χ1) is 15.3. The molecule has 0 atom stereocenters. The van der Waals surface area contributed by atoms with Gasteiger partial charge in [-0.25, -0.2) is 9.59 Å². The molecule has 0 radical (unpaired) electrons. The van der Waals surface area contributed by atoms with E-state index in [-0.39, 0.29) is 34.2 Å². The predicted octanol–water partition coefficient (Wildman–Crippen LogP) is 3.48. The van der Waals surface area contributed by atoms with E-state index in [1.54, 1.807) is 13.8 Å². The van der Waals surface area contributed by atoms with Crippen LogP contribution in [0.2, 0.25) is 0 Å². The molecule has 2 heterocycles. The summed E-state index contributed by atoms with van der Waals surface area (Å²) >= 11 is 0.724. The van der Waals surface area contributed by atoms with Gasteiger partial charge >= 0.3 is 23.8 Å². The summed E-state index contributed by atoms with van der Waals surface area (Å²) in [5, 5.41) is 16.5. The van der Waals surface area contributed by atoms with Crippen LogP contribution < -0.4 is 5.32 Å². The fraction of sp³-hybridized carbons (Fsp3) is 0.444. The minimum Gasteiger partial charge on any atom is -0.462 e. The Hall–Kier alpha value is -3.49. The number of anilines is 1. The normalized spacial score (nSPS) is 11.2. The molecule has 1 amide bonds. The topological polar surface area (TPSA) is 143 Å². The van der Waals surface area contributed by atoms with E-state index in [9.17, 15) is 37.7 Å². The van der Waals surface area contributed by atoms with Crippen molar-refractivity contribution in [1.82, 2.24) is 9.78 Å². The summed E-state index contributed by atoms with van der Waals surface area (Å²) in [6, 6.07) is 0. The molecule has 0 spiro atoms. The molecule has 2 rings (SSSR count). The second-order valence-corrected chi connectivity index (χ2v) is 7.47. The average molecular weight is 492 g/mol. The van der Waals surface area contributed by atoms with Crippen LogP contribution in [0, 0.1) is 24.0 Å². The summed E-state index contributed by atoms with van der Waals surface area (Å²) < 4.78 is 49.7. The highest BCUT2D eigenvalue weighted by atomic mass is 32.1. The molecule has 2 aromatic rings. The Balaban J connectivity index is 2.41. The van der Waals surface area contributed by atoms with E-state index in [2.05, 4.69) is 10.4 Å². The number of hydrogen-bond donors (Lipinski definition) is 1. The van der Waals surface area contributed by atoms with Crippen LogP contribution in [0.1, 0.15) is 50.8 Å². The third kappa shape index (κ3) is 5.47. The molecule has 0 aromatic carbocycles. The number of thiophene rings is 1. The van der Waals surface area contributed by atoms with Crippen molar-refractivity contribution in [3.05, 3.63) is 37.5 Å². The molecule has 15 heteroatoms. The number of alkyl halides is 3. The van der Waals surface area contributed by atoms with Crippen LogP contribution >= 0.6 is 11.3 Å². The van der Waals surface area contributed by atoms with Crippen molar-refractivity contribution in [3.63, 3.8) is 0 Å². The third-order valence-electron chi connectivity index (χ3n) is 4.26.